The van der Waals surface area contributed by atoms with E-state index in [0.29, 0.717) is 35.5 Å². The summed E-state index contributed by atoms with van der Waals surface area (Å²) in [4.78, 5) is 15.6. The summed E-state index contributed by atoms with van der Waals surface area (Å²) in [5.41, 5.74) is 11.7. The number of carbonyl (C=O) groups excluding carboxylic acids is 1. The van der Waals surface area contributed by atoms with Crippen LogP contribution >= 0.6 is 11.6 Å². The first kappa shape index (κ1) is 28.4. The Morgan fingerprint density at radius 2 is 1.80 bits per heavy atom. The number of ether oxygens (including phenoxy) is 1. The Hall–Kier alpha value is -4.15. The van der Waals surface area contributed by atoms with Crippen LogP contribution < -0.4 is 15.4 Å². The van der Waals surface area contributed by atoms with Crippen LogP contribution in [0, 0.1) is 42.2 Å². The summed E-state index contributed by atoms with van der Waals surface area (Å²) in [6.45, 7) is 8.13. The van der Waals surface area contributed by atoms with E-state index in [1.807, 2.05) is 39.8 Å². The predicted molar refractivity (Wildman–Crippen MR) is 155 cm³/mol. The van der Waals surface area contributed by atoms with Crippen LogP contribution in [0.25, 0.3) is 0 Å². The minimum Gasteiger partial charge on any atom is -0.489 e. The summed E-state index contributed by atoms with van der Waals surface area (Å²) >= 11 is 6.14. The summed E-state index contributed by atoms with van der Waals surface area (Å²) in [5, 5.41) is 10.4. The number of carbonyl (C=O) groups is 1. The molecule has 0 saturated heterocycles. The van der Waals surface area contributed by atoms with Crippen LogP contribution in [0.2, 0.25) is 5.02 Å². The molecule has 2 N–H and O–H groups in total. The van der Waals surface area contributed by atoms with Crippen molar-refractivity contribution in [2.75, 3.05) is 4.90 Å². The average Bonchev–Trinajstić information content (AvgIpc) is 2.90. The number of rotatable bonds is 5. The number of nitriles is 1. The van der Waals surface area contributed by atoms with Gasteiger partial charge in [0.05, 0.1) is 22.6 Å². The molecule has 0 amide bonds. The predicted octanol–water partition coefficient (Wildman–Crippen LogP) is 7.75. The van der Waals surface area contributed by atoms with Gasteiger partial charge in [-0.1, -0.05) is 43.1 Å². The monoisotopic (exact) mass is 573 g/mol. The highest BCUT2D eigenvalue weighted by atomic mass is 35.5. The second-order valence-electron chi connectivity index (χ2n) is 11.5. The first-order chi connectivity index (χ1) is 19.4. The van der Waals surface area contributed by atoms with Crippen LogP contribution in [-0.4, -0.2) is 5.78 Å². The van der Waals surface area contributed by atoms with Gasteiger partial charge in [-0.3, -0.25) is 9.69 Å². The third kappa shape index (κ3) is 5.32. The van der Waals surface area contributed by atoms with E-state index < -0.39 is 11.7 Å². The molecule has 0 bridgehead atoms. The van der Waals surface area contributed by atoms with Crippen molar-refractivity contribution in [1.82, 2.24) is 0 Å². The summed E-state index contributed by atoms with van der Waals surface area (Å²) in [6, 6.07) is 16.3. The van der Waals surface area contributed by atoms with Crippen LogP contribution in [-0.2, 0) is 11.4 Å². The molecule has 3 aromatic rings. The Morgan fingerprint density at radius 1 is 1.10 bits per heavy atom. The van der Waals surface area contributed by atoms with Crippen LogP contribution in [0.4, 0.5) is 14.5 Å². The highest BCUT2D eigenvalue weighted by Crippen LogP contribution is 2.51. The quantitative estimate of drug-likeness (QED) is 0.337. The number of Topliss-reactive ketones (excluding diaryl/α,β-unsaturated/α-hetero) is 1. The zero-order valence-electron chi connectivity index (χ0n) is 23.3. The van der Waals surface area contributed by atoms with E-state index in [9.17, 15) is 18.8 Å². The minimum absolute atomic E-state index is 0.0651. The highest BCUT2D eigenvalue weighted by Gasteiger charge is 2.45. The van der Waals surface area contributed by atoms with Gasteiger partial charge in [0.1, 0.15) is 29.8 Å². The molecule has 41 heavy (non-hydrogen) atoms. The molecule has 0 radical (unpaired) electrons. The molecule has 2 aliphatic rings. The fourth-order valence-electron chi connectivity index (χ4n) is 5.84. The lowest BCUT2D eigenvalue weighted by atomic mass is 9.68. The Kier molecular flexibility index (Phi) is 7.39. The van der Waals surface area contributed by atoms with Crippen LogP contribution in [0.15, 0.2) is 77.3 Å². The summed E-state index contributed by atoms with van der Waals surface area (Å²) in [5.74, 6) is -0.974. The largest absolute Gasteiger partial charge is 0.489 e. The molecule has 0 spiro atoms. The molecular formula is C33H30ClF2N3O2. The van der Waals surface area contributed by atoms with Crippen molar-refractivity contribution in [2.45, 2.75) is 53.1 Å². The van der Waals surface area contributed by atoms with E-state index in [0.717, 1.165) is 22.3 Å². The van der Waals surface area contributed by atoms with Gasteiger partial charge < -0.3 is 10.5 Å². The molecule has 1 heterocycles. The third-order valence-corrected chi connectivity index (χ3v) is 8.05. The molecular weight excluding hydrogens is 544 g/mol. The minimum atomic E-state index is -0.685. The molecule has 1 aliphatic carbocycles. The van der Waals surface area contributed by atoms with Crippen molar-refractivity contribution in [2.24, 2.45) is 11.1 Å². The Balaban J connectivity index is 1.67. The SMILES string of the molecule is Cc1cc(COc2ccc(F)cc2)c(C)c(C2C(C#N)=C(N)N(c3ccc(F)c(Cl)c3)C3=C2C(=O)CC(C)(C)C3)c1. The topological polar surface area (TPSA) is 79.3 Å². The van der Waals surface area contributed by atoms with Crippen LogP contribution in [0.1, 0.15) is 54.9 Å². The molecule has 1 unspecified atom stereocenters. The van der Waals surface area contributed by atoms with Crippen LogP contribution in [0.3, 0.4) is 0 Å². The maximum atomic E-state index is 14.1. The second-order valence-corrected chi connectivity index (χ2v) is 11.9. The van der Waals surface area contributed by atoms with E-state index in [2.05, 4.69) is 6.07 Å². The van der Waals surface area contributed by atoms with Crippen molar-refractivity contribution < 1.29 is 18.3 Å². The molecule has 0 aromatic heterocycles. The first-order valence-electron chi connectivity index (χ1n) is 13.3. The lowest BCUT2D eigenvalue weighted by Crippen LogP contribution is -2.42. The molecule has 0 fully saturated rings. The molecule has 8 heteroatoms. The Bertz CT molecular complexity index is 1670. The number of nitrogens with zero attached hydrogens (tertiary/aromatic N) is 2. The third-order valence-electron chi connectivity index (χ3n) is 7.76. The first-order valence-corrected chi connectivity index (χ1v) is 13.7. The highest BCUT2D eigenvalue weighted by molar-refractivity contribution is 6.31. The molecule has 5 nitrogen and oxygen atoms in total. The zero-order chi connectivity index (χ0) is 29.6. The summed E-state index contributed by atoms with van der Waals surface area (Å²) < 4.78 is 33.4. The molecule has 5 rings (SSSR count). The molecule has 210 valence electrons. The van der Waals surface area contributed by atoms with Crippen molar-refractivity contribution in [1.29, 1.82) is 5.26 Å². The molecule has 1 atom stereocenters. The number of allylic oxidation sites excluding steroid dienone is 3. The summed E-state index contributed by atoms with van der Waals surface area (Å²) in [6.07, 6.45) is 0.828. The number of halogens is 3. The van der Waals surface area contributed by atoms with Crippen molar-refractivity contribution in [3.05, 3.63) is 116 Å². The van der Waals surface area contributed by atoms with Gasteiger partial charge in [-0.25, -0.2) is 8.78 Å². The fraction of sp³-hybridized carbons (Fsp3) is 0.273. The number of ketones is 1. The number of benzene rings is 3. The van der Waals surface area contributed by atoms with E-state index in [-0.39, 0.29) is 40.0 Å². The van der Waals surface area contributed by atoms with Gasteiger partial charge in [-0.2, -0.15) is 5.26 Å². The maximum Gasteiger partial charge on any atom is 0.162 e. The molecule has 1 aliphatic heterocycles. The maximum absolute atomic E-state index is 14.1. The van der Waals surface area contributed by atoms with Gasteiger partial charge in [0, 0.05) is 23.4 Å². The van der Waals surface area contributed by atoms with Crippen molar-refractivity contribution in [3.63, 3.8) is 0 Å². The van der Waals surface area contributed by atoms with Gasteiger partial charge in [-0.15, -0.1) is 0 Å². The van der Waals surface area contributed by atoms with Gasteiger partial charge in [0.15, 0.2) is 5.78 Å². The second kappa shape index (κ2) is 10.7. The molecule has 3 aromatic carbocycles. The lowest BCUT2D eigenvalue weighted by molar-refractivity contribution is -0.118. The fourth-order valence-corrected chi connectivity index (χ4v) is 6.02. The number of aryl methyl sites for hydroxylation is 1. The van der Waals surface area contributed by atoms with Gasteiger partial charge >= 0.3 is 0 Å². The van der Waals surface area contributed by atoms with E-state index in [1.54, 1.807) is 23.1 Å². The number of anilines is 1. The number of hydrogen-bond donors (Lipinski definition) is 1. The smallest absolute Gasteiger partial charge is 0.162 e. The average molecular weight is 574 g/mol. The number of nitrogens with two attached hydrogens (primary N) is 1. The van der Waals surface area contributed by atoms with Gasteiger partial charge in [0.2, 0.25) is 0 Å². The van der Waals surface area contributed by atoms with E-state index in [1.165, 1.54) is 24.3 Å². The van der Waals surface area contributed by atoms with Crippen molar-refractivity contribution >= 4 is 23.1 Å². The number of hydrogen-bond acceptors (Lipinski definition) is 5. The van der Waals surface area contributed by atoms with Crippen molar-refractivity contribution in [3.8, 4) is 11.8 Å². The van der Waals surface area contributed by atoms with E-state index >= 15 is 0 Å². The lowest BCUT2D eigenvalue weighted by Gasteiger charge is -2.44. The Morgan fingerprint density at radius 3 is 2.46 bits per heavy atom. The van der Waals surface area contributed by atoms with Gasteiger partial charge in [-0.05, 0) is 84.8 Å². The summed E-state index contributed by atoms with van der Waals surface area (Å²) in [7, 11) is 0. The molecule has 0 saturated carbocycles. The normalized spacial score (nSPS) is 18.3. The Labute approximate surface area is 243 Å². The van der Waals surface area contributed by atoms with Crippen LogP contribution in [0.5, 0.6) is 5.75 Å². The van der Waals surface area contributed by atoms with E-state index in [4.69, 9.17) is 22.1 Å². The van der Waals surface area contributed by atoms with Gasteiger partial charge in [0.25, 0.3) is 0 Å². The zero-order valence-corrected chi connectivity index (χ0v) is 24.1. The standard InChI is InChI=1S/C33H30ClF2N3O2/c1-18-11-20(17-41-23-8-5-21(35)6-9-23)19(2)24(12-18)30-25(16-37)32(38)39(22-7-10-27(36)26(34)13-22)28-14-33(3,4)15-29(40)31(28)30/h5-13,30H,14-15,17,38H2,1-4H3.